The summed E-state index contributed by atoms with van der Waals surface area (Å²) >= 11 is 0. The molecule has 7 heteroatoms. The van der Waals surface area contributed by atoms with Gasteiger partial charge in [0.05, 0.1) is 6.61 Å². The van der Waals surface area contributed by atoms with Gasteiger partial charge < -0.3 is 9.64 Å². The van der Waals surface area contributed by atoms with Gasteiger partial charge in [0, 0.05) is 13.1 Å². The number of hydrogen-bond donors (Lipinski definition) is 0. The fourth-order valence-electron chi connectivity index (χ4n) is 1.46. The first-order valence-corrected chi connectivity index (χ1v) is 8.32. The van der Waals surface area contributed by atoms with Gasteiger partial charge in [0.15, 0.2) is 9.84 Å². The average molecular weight is 293 g/mol. The molecular formula is C12H23NO5S. The van der Waals surface area contributed by atoms with E-state index in [-0.39, 0.29) is 6.61 Å². The van der Waals surface area contributed by atoms with Crippen molar-refractivity contribution in [2.24, 2.45) is 0 Å². The highest BCUT2D eigenvalue weighted by Gasteiger charge is 2.23. The third-order valence-electron chi connectivity index (χ3n) is 2.56. The maximum absolute atomic E-state index is 11.7. The number of ether oxygens (including phenoxy) is 1. The monoisotopic (exact) mass is 293 g/mol. The van der Waals surface area contributed by atoms with Crippen LogP contribution in [0.15, 0.2) is 0 Å². The predicted molar refractivity (Wildman–Crippen MR) is 72.4 cm³/mol. The number of esters is 1. The molecule has 0 saturated carbocycles. The van der Waals surface area contributed by atoms with Crippen LogP contribution < -0.4 is 0 Å². The van der Waals surface area contributed by atoms with Gasteiger partial charge in [-0.3, -0.25) is 9.59 Å². The number of hydrogen-bond acceptors (Lipinski definition) is 5. The molecule has 0 bridgehead atoms. The number of nitrogens with zero attached hydrogens (tertiary/aromatic N) is 1. The van der Waals surface area contributed by atoms with Crippen molar-refractivity contribution < 1.29 is 22.7 Å². The van der Waals surface area contributed by atoms with E-state index in [0.717, 1.165) is 6.42 Å². The molecule has 0 fully saturated rings. The lowest BCUT2D eigenvalue weighted by atomic mass is 10.4. The van der Waals surface area contributed by atoms with Gasteiger partial charge >= 0.3 is 5.97 Å². The van der Waals surface area contributed by atoms with Gasteiger partial charge in [0.25, 0.3) is 0 Å². The van der Waals surface area contributed by atoms with Gasteiger partial charge in [-0.2, -0.15) is 0 Å². The lowest BCUT2D eigenvalue weighted by Crippen LogP contribution is -2.37. The first-order valence-electron chi connectivity index (χ1n) is 6.50. The maximum atomic E-state index is 11.7. The largest absolute Gasteiger partial charge is 0.465 e. The molecule has 6 nitrogen and oxygen atoms in total. The highest BCUT2D eigenvalue weighted by molar-refractivity contribution is 7.92. The highest BCUT2D eigenvalue weighted by atomic mass is 32.2. The second-order valence-corrected chi connectivity index (χ2v) is 6.24. The molecule has 0 unspecified atom stereocenters. The molecule has 0 aromatic rings. The fourth-order valence-corrected chi connectivity index (χ4v) is 2.56. The van der Waals surface area contributed by atoms with Crippen LogP contribution in [0.3, 0.4) is 0 Å². The second-order valence-electron chi connectivity index (χ2n) is 4.17. The molecular weight excluding hydrogens is 270 g/mol. The molecule has 19 heavy (non-hydrogen) atoms. The van der Waals surface area contributed by atoms with Crippen molar-refractivity contribution in [2.45, 2.75) is 33.6 Å². The maximum Gasteiger partial charge on any atom is 0.321 e. The van der Waals surface area contributed by atoms with Gasteiger partial charge in [-0.15, -0.1) is 0 Å². The van der Waals surface area contributed by atoms with Gasteiger partial charge in [-0.05, 0) is 20.3 Å². The van der Waals surface area contributed by atoms with Crippen LogP contribution in [0.2, 0.25) is 0 Å². The molecule has 0 saturated heterocycles. The number of carbonyl (C=O) groups excluding carboxylic acids is 2. The zero-order valence-electron chi connectivity index (χ0n) is 11.8. The van der Waals surface area contributed by atoms with E-state index in [1.54, 1.807) is 13.8 Å². The minimum Gasteiger partial charge on any atom is -0.465 e. The van der Waals surface area contributed by atoms with Crippen LogP contribution in [0.25, 0.3) is 0 Å². The van der Waals surface area contributed by atoms with Crippen LogP contribution in [0.1, 0.15) is 33.6 Å². The Kier molecular flexibility index (Phi) is 8.38. The Morgan fingerprint density at radius 2 is 1.63 bits per heavy atom. The van der Waals surface area contributed by atoms with Crippen LogP contribution in [0.4, 0.5) is 0 Å². The van der Waals surface area contributed by atoms with Crippen LogP contribution in [0.5, 0.6) is 0 Å². The van der Waals surface area contributed by atoms with E-state index >= 15 is 0 Å². The lowest BCUT2D eigenvalue weighted by molar-refractivity contribution is -0.140. The summed E-state index contributed by atoms with van der Waals surface area (Å²) in [6.07, 6.45) is 1.56. The van der Waals surface area contributed by atoms with Gasteiger partial charge in [-0.1, -0.05) is 13.3 Å². The summed E-state index contributed by atoms with van der Waals surface area (Å²) < 4.78 is 28.1. The minimum absolute atomic E-state index is 0.217. The summed E-state index contributed by atoms with van der Waals surface area (Å²) in [5, 5.41) is 0. The Labute approximate surface area is 115 Å². The topological polar surface area (TPSA) is 80.8 Å². The first-order chi connectivity index (χ1) is 8.86. The zero-order chi connectivity index (χ0) is 14.9. The van der Waals surface area contributed by atoms with Crippen molar-refractivity contribution in [1.29, 1.82) is 0 Å². The summed E-state index contributed by atoms with van der Waals surface area (Å²) in [4.78, 5) is 24.4. The zero-order valence-corrected chi connectivity index (χ0v) is 12.7. The summed E-state index contributed by atoms with van der Waals surface area (Å²) in [5.74, 6) is -2.64. The van der Waals surface area contributed by atoms with E-state index in [1.165, 1.54) is 4.90 Å². The molecule has 0 rings (SSSR count). The Bertz CT molecular complexity index is 387. The molecule has 0 spiro atoms. The smallest absolute Gasteiger partial charge is 0.321 e. The van der Waals surface area contributed by atoms with Gasteiger partial charge in [0.1, 0.15) is 11.5 Å². The normalized spacial score (nSPS) is 11.1. The molecule has 0 aliphatic heterocycles. The van der Waals surface area contributed by atoms with Crippen molar-refractivity contribution in [2.75, 3.05) is 31.2 Å². The summed E-state index contributed by atoms with van der Waals surface area (Å²) in [6.45, 7) is 6.60. The van der Waals surface area contributed by atoms with E-state index in [1.807, 2.05) is 6.92 Å². The molecule has 0 radical (unpaired) electrons. The SMILES string of the molecule is CCCCOC(=O)CS(=O)(=O)CC(=O)N(CC)CC. The number of sulfone groups is 1. The van der Waals surface area contributed by atoms with Crippen molar-refractivity contribution in [3.05, 3.63) is 0 Å². The standard InChI is InChI=1S/C12H23NO5S/c1-4-7-8-18-12(15)10-19(16,17)9-11(14)13(5-2)6-3/h4-10H2,1-3H3. The number of rotatable bonds is 9. The number of carbonyl (C=O) groups is 2. The Morgan fingerprint density at radius 3 is 2.11 bits per heavy atom. The lowest BCUT2D eigenvalue weighted by Gasteiger charge is -2.18. The van der Waals surface area contributed by atoms with E-state index in [2.05, 4.69) is 0 Å². The number of unbranched alkanes of at least 4 members (excludes halogenated alkanes) is 1. The average Bonchev–Trinajstić information content (AvgIpc) is 2.29. The molecule has 112 valence electrons. The molecule has 0 aliphatic rings. The quantitative estimate of drug-likeness (QED) is 0.459. The van der Waals surface area contributed by atoms with E-state index in [0.29, 0.717) is 19.5 Å². The van der Waals surface area contributed by atoms with E-state index < -0.39 is 33.2 Å². The molecule has 0 aliphatic carbocycles. The van der Waals surface area contributed by atoms with Gasteiger partial charge in [0.2, 0.25) is 5.91 Å². The van der Waals surface area contributed by atoms with Crippen LogP contribution >= 0.6 is 0 Å². The van der Waals surface area contributed by atoms with Crippen LogP contribution in [-0.2, 0) is 24.2 Å². The van der Waals surface area contributed by atoms with Crippen LogP contribution in [0, 0.1) is 0 Å². The molecule has 0 aromatic carbocycles. The molecule has 1 amide bonds. The number of amides is 1. The Hall–Kier alpha value is -1.11. The van der Waals surface area contributed by atoms with Crippen molar-refractivity contribution in [3.63, 3.8) is 0 Å². The van der Waals surface area contributed by atoms with E-state index in [4.69, 9.17) is 4.74 Å². The van der Waals surface area contributed by atoms with Crippen molar-refractivity contribution in [3.8, 4) is 0 Å². The third-order valence-corrected chi connectivity index (χ3v) is 3.92. The van der Waals surface area contributed by atoms with Crippen molar-refractivity contribution in [1.82, 2.24) is 4.90 Å². The van der Waals surface area contributed by atoms with Crippen molar-refractivity contribution >= 4 is 21.7 Å². The third kappa shape index (κ3) is 7.81. The summed E-state index contributed by atoms with van der Waals surface area (Å²) in [6, 6.07) is 0. The Morgan fingerprint density at radius 1 is 1.05 bits per heavy atom. The highest BCUT2D eigenvalue weighted by Crippen LogP contribution is 1.99. The summed E-state index contributed by atoms with van der Waals surface area (Å²) in [7, 11) is -3.75. The first kappa shape index (κ1) is 17.9. The molecule has 0 N–H and O–H groups in total. The molecule has 0 atom stereocenters. The fraction of sp³-hybridized carbons (Fsp3) is 0.833. The second kappa shape index (κ2) is 8.90. The Balaban J connectivity index is 4.32. The van der Waals surface area contributed by atoms with Crippen LogP contribution in [-0.4, -0.2) is 56.4 Å². The molecule has 0 aromatic heterocycles. The molecule has 0 heterocycles. The predicted octanol–water partition coefficient (Wildman–Crippen LogP) is 0.613. The summed E-state index contributed by atoms with van der Waals surface area (Å²) in [5.41, 5.74) is 0. The van der Waals surface area contributed by atoms with Gasteiger partial charge in [-0.25, -0.2) is 8.42 Å². The van der Waals surface area contributed by atoms with E-state index in [9.17, 15) is 18.0 Å². The minimum atomic E-state index is -3.75.